The number of ether oxygens (including phenoxy) is 2. The zero-order valence-corrected chi connectivity index (χ0v) is 12.5. The predicted octanol–water partition coefficient (Wildman–Crippen LogP) is 0.627. The van der Waals surface area contributed by atoms with Gasteiger partial charge in [0.25, 0.3) is 0 Å². The van der Waals surface area contributed by atoms with E-state index in [0.717, 1.165) is 6.26 Å². The third-order valence-electron chi connectivity index (χ3n) is 2.92. The standard InChI is InChI=1S/C13H18N2O5S/c1-21(17,18)12-4-2-10(3-5-12)15-13(16)14-8-11-9-19-6-7-20-11/h2-5,11H,6-9H2,1H3,(H2,14,15,16)/t11-/m0/s1. The summed E-state index contributed by atoms with van der Waals surface area (Å²) in [6, 6.07) is 5.59. The minimum absolute atomic E-state index is 0.142. The van der Waals surface area contributed by atoms with Gasteiger partial charge in [-0.2, -0.15) is 0 Å². The molecule has 1 fully saturated rings. The summed E-state index contributed by atoms with van der Waals surface area (Å²) in [4.78, 5) is 11.9. The Hall–Kier alpha value is -1.64. The molecule has 1 aromatic carbocycles. The highest BCUT2D eigenvalue weighted by Crippen LogP contribution is 2.13. The van der Waals surface area contributed by atoms with Crippen LogP contribution in [-0.4, -0.2) is 53.2 Å². The largest absolute Gasteiger partial charge is 0.376 e. The summed E-state index contributed by atoms with van der Waals surface area (Å²) in [6.07, 6.45) is 0.992. The van der Waals surface area contributed by atoms with Crippen LogP contribution in [0.5, 0.6) is 0 Å². The highest BCUT2D eigenvalue weighted by atomic mass is 32.2. The van der Waals surface area contributed by atoms with Crippen molar-refractivity contribution in [3.63, 3.8) is 0 Å². The SMILES string of the molecule is CS(=O)(=O)c1ccc(NC(=O)NC[C@H]2COCCO2)cc1. The number of anilines is 1. The van der Waals surface area contributed by atoms with Gasteiger partial charge in [-0.05, 0) is 24.3 Å². The van der Waals surface area contributed by atoms with Gasteiger partial charge < -0.3 is 20.1 Å². The monoisotopic (exact) mass is 314 g/mol. The second-order valence-electron chi connectivity index (χ2n) is 4.70. The quantitative estimate of drug-likeness (QED) is 0.850. The molecule has 0 saturated carbocycles. The molecule has 1 heterocycles. The van der Waals surface area contributed by atoms with Crippen LogP contribution in [0, 0.1) is 0 Å². The van der Waals surface area contributed by atoms with Gasteiger partial charge in [-0.1, -0.05) is 0 Å². The average Bonchev–Trinajstić information content (AvgIpc) is 2.46. The third kappa shape index (κ3) is 5.00. The van der Waals surface area contributed by atoms with Gasteiger partial charge in [-0.25, -0.2) is 13.2 Å². The van der Waals surface area contributed by atoms with Crippen molar-refractivity contribution in [3.8, 4) is 0 Å². The molecule has 2 amide bonds. The summed E-state index contributed by atoms with van der Waals surface area (Å²) in [5, 5.41) is 5.29. The number of amides is 2. The van der Waals surface area contributed by atoms with Crippen LogP contribution in [0.4, 0.5) is 10.5 Å². The molecule has 0 unspecified atom stereocenters. The summed E-state index contributed by atoms with van der Waals surface area (Å²) in [5.74, 6) is 0. The molecule has 116 valence electrons. The van der Waals surface area contributed by atoms with Gasteiger partial charge in [-0.3, -0.25) is 0 Å². The first-order chi connectivity index (χ1) is 9.95. The normalized spacial score (nSPS) is 19.0. The lowest BCUT2D eigenvalue weighted by Gasteiger charge is -2.23. The van der Waals surface area contributed by atoms with E-state index in [1.165, 1.54) is 24.3 Å². The summed E-state index contributed by atoms with van der Waals surface area (Å²) < 4.78 is 33.3. The second-order valence-corrected chi connectivity index (χ2v) is 6.72. The van der Waals surface area contributed by atoms with Crippen molar-refractivity contribution in [2.24, 2.45) is 0 Å². The number of carbonyl (C=O) groups is 1. The lowest BCUT2D eigenvalue weighted by atomic mass is 10.3. The fourth-order valence-corrected chi connectivity index (χ4v) is 2.45. The minimum Gasteiger partial charge on any atom is -0.376 e. The molecule has 2 N–H and O–H groups in total. The second kappa shape index (κ2) is 6.88. The Morgan fingerprint density at radius 1 is 1.29 bits per heavy atom. The number of benzene rings is 1. The summed E-state index contributed by atoms with van der Waals surface area (Å²) in [6.45, 7) is 1.92. The third-order valence-corrected chi connectivity index (χ3v) is 4.04. The number of hydrogen-bond acceptors (Lipinski definition) is 5. The molecule has 8 heteroatoms. The molecule has 1 aromatic rings. The van der Waals surface area contributed by atoms with Gasteiger partial charge in [0, 0.05) is 18.5 Å². The van der Waals surface area contributed by atoms with Gasteiger partial charge in [0.15, 0.2) is 9.84 Å². The van der Waals surface area contributed by atoms with Crippen molar-refractivity contribution < 1.29 is 22.7 Å². The Balaban J connectivity index is 1.82. The van der Waals surface area contributed by atoms with Gasteiger partial charge in [0.1, 0.15) is 0 Å². The van der Waals surface area contributed by atoms with Crippen molar-refractivity contribution in [2.75, 3.05) is 37.9 Å². The van der Waals surface area contributed by atoms with Crippen LogP contribution in [0.2, 0.25) is 0 Å². The molecule has 21 heavy (non-hydrogen) atoms. The smallest absolute Gasteiger partial charge is 0.319 e. The van der Waals surface area contributed by atoms with Crippen molar-refractivity contribution in [2.45, 2.75) is 11.0 Å². The van der Waals surface area contributed by atoms with E-state index in [0.29, 0.717) is 32.1 Å². The van der Waals surface area contributed by atoms with E-state index in [-0.39, 0.29) is 17.0 Å². The molecule has 1 aliphatic rings. The molecule has 0 aliphatic carbocycles. The van der Waals surface area contributed by atoms with Crippen molar-refractivity contribution in [1.29, 1.82) is 0 Å². The van der Waals surface area contributed by atoms with Gasteiger partial charge in [0.2, 0.25) is 0 Å². The highest BCUT2D eigenvalue weighted by Gasteiger charge is 2.15. The maximum atomic E-state index is 11.7. The minimum atomic E-state index is -3.23. The Bertz CT molecular complexity index is 579. The van der Waals surface area contributed by atoms with Crippen LogP contribution in [-0.2, 0) is 19.3 Å². The Labute approximate surface area is 123 Å². The van der Waals surface area contributed by atoms with Crippen LogP contribution >= 0.6 is 0 Å². The van der Waals surface area contributed by atoms with Crippen molar-refractivity contribution in [3.05, 3.63) is 24.3 Å². The van der Waals surface area contributed by atoms with Crippen molar-refractivity contribution in [1.82, 2.24) is 5.32 Å². The zero-order chi connectivity index (χ0) is 15.3. The van der Waals surface area contributed by atoms with E-state index in [1.54, 1.807) is 0 Å². The highest BCUT2D eigenvalue weighted by molar-refractivity contribution is 7.90. The summed E-state index contributed by atoms with van der Waals surface area (Å²) in [7, 11) is -3.23. The molecular weight excluding hydrogens is 296 g/mol. The molecule has 0 radical (unpaired) electrons. The molecule has 0 spiro atoms. The molecule has 1 atom stereocenters. The number of hydrogen-bond donors (Lipinski definition) is 2. The molecule has 1 saturated heterocycles. The lowest BCUT2D eigenvalue weighted by Crippen LogP contribution is -2.41. The zero-order valence-electron chi connectivity index (χ0n) is 11.7. The fraction of sp³-hybridized carbons (Fsp3) is 0.462. The average molecular weight is 314 g/mol. The fourth-order valence-electron chi connectivity index (χ4n) is 1.82. The first kappa shape index (κ1) is 15.7. The number of sulfone groups is 1. The number of rotatable bonds is 4. The molecule has 0 bridgehead atoms. The van der Waals surface area contributed by atoms with Crippen molar-refractivity contribution >= 4 is 21.6 Å². The molecule has 1 aliphatic heterocycles. The van der Waals surface area contributed by atoms with E-state index >= 15 is 0 Å². The predicted molar refractivity (Wildman–Crippen MR) is 77.1 cm³/mol. The molecule has 0 aromatic heterocycles. The first-order valence-corrected chi connectivity index (χ1v) is 8.38. The molecule has 7 nitrogen and oxygen atoms in total. The van der Waals surface area contributed by atoms with Crippen LogP contribution in [0.3, 0.4) is 0 Å². The Morgan fingerprint density at radius 3 is 2.57 bits per heavy atom. The van der Waals surface area contributed by atoms with Crippen LogP contribution in [0.1, 0.15) is 0 Å². The van der Waals surface area contributed by atoms with E-state index < -0.39 is 9.84 Å². The Morgan fingerprint density at radius 2 is 2.00 bits per heavy atom. The maximum absolute atomic E-state index is 11.7. The lowest BCUT2D eigenvalue weighted by molar-refractivity contribution is -0.0852. The molecule has 2 rings (SSSR count). The van der Waals surface area contributed by atoms with Crippen LogP contribution in [0.15, 0.2) is 29.2 Å². The van der Waals surface area contributed by atoms with E-state index in [4.69, 9.17) is 9.47 Å². The summed E-state index contributed by atoms with van der Waals surface area (Å²) >= 11 is 0. The number of nitrogens with one attached hydrogen (secondary N) is 2. The van der Waals surface area contributed by atoms with Gasteiger partial charge in [-0.15, -0.1) is 0 Å². The maximum Gasteiger partial charge on any atom is 0.319 e. The molecular formula is C13H18N2O5S. The topological polar surface area (TPSA) is 93.7 Å². The number of urea groups is 1. The van der Waals surface area contributed by atoms with E-state index in [9.17, 15) is 13.2 Å². The van der Waals surface area contributed by atoms with E-state index in [2.05, 4.69) is 10.6 Å². The summed E-state index contributed by atoms with van der Waals surface area (Å²) in [5.41, 5.74) is 0.515. The number of carbonyl (C=O) groups excluding carboxylic acids is 1. The first-order valence-electron chi connectivity index (χ1n) is 6.49. The van der Waals surface area contributed by atoms with Gasteiger partial charge >= 0.3 is 6.03 Å². The van der Waals surface area contributed by atoms with Crippen LogP contribution < -0.4 is 10.6 Å². The van der Waals surface area contributed by atoms with E-state index in [1.807, 2.05) is 0 Å². The van der Waals surface area contributed by atoms with Crippen LogP contribution in [0.25, 0.3) is 0 Å². The Kier molecular flexibility index (Phi) is 5.16. The van der Waals surface area contributed by atoms with Gasteiger partial charge in [0.05, 0.1) is 30.8 Å².